The van der Waals surface area contributed by atoms with Gasteiger partial charge in [-0.15, -0.1) is 0 Å². The second kappa shape index (κ2) is 7.98. The van der Waals surface area contributed by atoms with Gasteiger partial charge in [0.25, 0.3) is 0 Å². The molecule has 0 aliphatic heterocycles. The van der Waals surface area contributed by atoms with Crippen molar-refractivity contribution in [2.24, 2.45) is 11.8 Å². The van der Waals surface area contributed by atoms with Gasteiger partial charge >= 0.3 is 0 Å². The van der Waals surface area contributed by atoms with Gasteiger partial charge in [-0.1, -0.05) is 19.8 Å². The highest BCUT2D eigenvalue weighted by molar-refractivity contribution is 5.78. The summed E-state index contributed by atoms with van der Waals surface area (Å²) in [6.45, 7) is 6.47. The fourth-order valence-corrected chi connectivity index (χ4v) is 4.01. The fraction of sp³-hybridized carbons (Fsp3) is 0.947. The van der Waals surface area contributed by atoms with E-state index in [1.807, 2.05) is 0 Å². The molecule has 0 heterocycles. The first kappa shape index (κ1) is 17.2. The van der Waals surface area contributed by atoms with E-state index in [-0.39, 0.29) is 5.91 Å². The number of carbonyl (C=O) groups is 1. The molecular weight excluding hydrogens is 288 g/mol. The summed E-state index contributed by atoms with van der Waals surface area (Å²) in [5, 5.41) is 3.06. The molecule has 3 rings (SSSR count). The lowest BCUT2D eigenvalue weighted by atomic mass is 9.88. The first-order valence-electron chi connectivity index (χ1n) is 9.79. The molecule has 3 aliphatic carbocycles. The maximum Gasteiger partial charge on any atom is 0.234 e. The summed E-state index contributed by atoms with van der Waals surface area (Å²) in [6.07, 6.45) is 10.7. The predicted octanol–water partition coefficient (Wildman–Crippen LogP) is 2.96. The maximum absolute atomic E-state index is 12.2. The van der Waals surface area contributed by atoms with E-state index in [4.69, 9.17) is 4.74 Å². The lowest BCUT2D eigenvalue weighted by Gasteiger charge is -2.29. The van der Waals surface area contributed by atoms with E-state index in [9.17, 15) is 4.79 Å². The van der Waals surface area contributed by atoms with Gasteiger partial charge in [0.2, 0.25) is 5.91 Å². The van der Waals surface area contributed by atoms with Crippen molar-refractivity contribution in [3.05, 3.63) is 0 Å². The van der Waals surface area contributed by atoms with Gasteiger partial charge in [-0.25, -0.2) is 0 Å². The van der Waals surface area contributed by atoms with Gasteiger partial charge in [-0.05, 0) is 57.3 Å². The predicted molar refractivity (Wildman–Crippen MR) is 92.3 cm³/mol. The average Bonchev–Trinajstić information content (AvgIpc) is 3.41. The van der Waals surface area contributed by atoms with E-state index in [0.29, 0.717) is 43.8 Å². The molecule has 3 atom stereocenters. The third-order valence-electron chi connectivity index (χ3n) is 5.96. The van der Waals surface area contributed by atoms with E-state index in [2.05, 4.69) is 24.1 Å². The van der Waals surface area contributed by atoms with Gasteiger partial charge in [-0.2, -0.15) is 0 Å². The molecule has 0 aromatic rings. The van der Waals surface area contributed by atoms with Crippen LogP contribution in [0.5, 0.6) is 0 Å². The number of carbonyl (C=O) groups excluding carboxylic acids is 1. The smallest absolute Gasteiger partial charge is 0.234 e. The highest BCUT2D eigenvalue weighted by Crippen LogP contribution is 2.39. The van der Waals surface area contributed by atoms with Crippen LogP contribution >= 0.6 is 0 Å². The van der Waals surface area contributed by atoms with Crippen LogP contribution in [0, 0.1) is 11.8 Å². The third kappa shape index (κ3) is 5.18. The van der Waals surface area contributed by atoms with Crippen LogP contribution in [0.15, 0.2) is 0 Å². The largest absolute Gasteiger partial charge is 0.376 e. The van der Waals surface area contributed by atoms with E-state index < -0.39 is 0 Å². The summed E-state index contributed by atoms with van der Waals surface area (Å²) in [7, 11) is 0. The maximum atomic E-state index is 12.2. The number of nitrogens with one attached hydrogen (secondary N) is 1. The number of hydrogen-bond donors (Lipinski definition) is 1. The highest BCUT2D eigenvalue weighted by Gasteiger charge is 2.39. The quantitative estimate of drug-likeness (QED) is 0.664. The molecule has 0 bridgehead atoms. The van der Waals surface area contributed by atoms with Crippen LogP contribution < -0.4 is 5.32 Å². The SMILES string of the molecule is CC1CCCCC1OCCNC(=O)CN(C1CC1)C(C)C1CC1. The van der Waals surface area contributed by atoms with Gasteiger partial charge in [-0.3, -0.25) is 9.69 Å². The van der Waals surface area contributed by atoms with Crippen molar-refractivity contribution in [3.8, 4) is 0 Å². The minimum absolute atomic E-state index is 0.171. The van der Waals surface area contributed by atoms with E-state index in [1.165, 1.54) is 51.4 Å². The molecule has 3 saturated carbocycles. The Morgan fingerprint density at radius 3 is 2.57 bits per heavy atom. The Kier molecular flexibility index (Phi) is 5.97. The third-order valence-corrected chi connectivity index (χ3v) is 5.96. The average molecular weight is 322 g/mol. The molecule has 1 N–H and O–H groups in total. The summed E-state index contributed by atoms with van der Waals surface area (Å²) in [5.41, 5.74) is 0. The molecule has 3 fully saturated rings. The van der Waals surface area contributed by atoms with Crippen molar-refractivity contribution < 1.29 is 9.53 Å². The van der Waals surface area contributed by atoms with Gasteiger partial charge in [0, 0.05) is 18.6 Å². The zero-order chi connectivity index (χ0) is 16.2. The monoisotopic (exact) mass is 322 g/mol. The van der Waals surface area contributed by atoms with E-state index in [0.717, 1.165) is 5.92 Å². The van der Waals surface area contributed by atoms with Crippen molar-refractivity contribution in [1.29, 1.82) is 0 Å². The molecule has 3 unspecified atom stereocenters. The second-order valence-electron chi connectivity index (χ2n) is 8.00. The van der Waals surface area contributed by atoms with Crippen LogP contribution in [0.1, 0.15) is 65.2 Å². The Hall–Kier alpha value is -0.610. The summed E-state index contributed by atoms with van der Waals surface area (Å²) < 4.78 is 5.98. The van der Waals surface area contributed by atoms with Crippen LogP contribution in [0.2, 0.25) is 0 Å². The minimum atomic E-state index is 0.171. The topological polar surface area (TPSA) is 41.6 Å². The Morgan fingerprint density at radius 2 is 1.91 bits per heavy atom. The highest BCUT2D eigenvalue weighted by atomic mass is 16.5. The minimum Gasteiger partial charge on any atom is -0.376 e. The number of nitrogens with zero attached hydrogens (tertiary/aromatic N) is 1. The van der Waals surface area contributed by atoms with Crippen molar-refractivity contribution in [1.82, 2.24) is 10.2 Å². The number of rotatable bonds is 9. The van der Waals surface area contributed by atoms with Crippen LogP contribution in [-0.4, -0.2) is 48.7 Å². The first-order valence-corrected chi connectivity index (χ1v) is 9.79. The summed E-state index contributed by atoms with van der Waals surface area (Å²) in [5.74, 6) is 1.67. The molecule has 1 amide bonds. The van der Waals surface area contributed by atoms with Crippen LogP contribution in [-0.2, 0) is 9.53 Å². The van der Waals surface area contributed by atoms with E-state index >= 15 is 0 Å². The zero-order valence-electron chi connectivity index (χ0n) is 14.9. The van der Waals surface area contributed by atoms with Gasteiger partial charge in [0.15, 0.2) is 0 Å². The Balaban J connectivity index is 1.32. The van der Waals surface area contributed by atoms with Crippen molar-refractivity contribution in [2.45, 2.75) is 83.4 Å². The molecule has 23 heavy (non-hydrogen) atoms. The Labute approximate surface area is 141 Å². The molecule has 0 aromatic carbocycles. The van der Waals surface area contributed by atoms with Crippen molar-refractivity contribution >= 4 is 5.91 Å². The van der Waals surface area contributed by atoms with Crippen molar-refractivity contribution in [3.63, 3.8) is 0 Å². The summed E-state index contributed by atoms with van der Waals surface area (Å²) in [4.78, 5) is 14.7. The normalized spacial score (nSPS) is 29.5. The molecule has 0 radical (unpaired) electrons. The lowest BCUT2D eigenvalue weighted by Crippen LogP contribution is -2.44. The van der Waals surface area contributed by atoms with Gasteiger partial charge in [0.1, 0.15) is 0 Å². The standard InChI is InChI=1S/C19H34N2O2/c1-14-5-3-4-6-18(14)23-12-11-20-19(22)13-21(17-9-10-17)15(2)16-7-8-16/h14-18H,3-13H2,1-2H3,(H,20,22). The zero-order valence-corrected chi connectivity index (χ0v) is 14.9. The number of amides is 1. The Morgan fingerprint density at radius 1 is 1.17 bits per heavy atom. The molecule has 132 valence electrons. The fourth-order valence-electron chi connectivity index (χ4n) is 4.01. The second-order valence-corrected chi connectivity index (χ2v) is 8.00. The van der Waals surface area contributed by atoms with Crippen molar-refractivity contribution in [2.75, 3.05) is 19.7 Å². The number of hydrogen-bond acceptors (Lipinski definition) is 3. The number of ether oxygens (including phenoxy) is 1. The molecule has 0 aromatic heterocycles. The van der Waals surface area contributed by atoms with Gasteiger partial charge < -0.3 is 10.1 Å². The molecule has 4 nitrogen and oxygen atoms in total. The van der Waals surface area contributed by atoms with Crippen LogP contribution in [0.3, 0.4) is 0 Å². The summed E-state index contributed by atoms with van der Waals surface area (Å²) >= 11 is 0. The molecule has 3 aliphatic rings. The summed E-state index contributed by atoms with van der Waals surface area (Å²) in [6, 6.07) is 1.24. The lowest BCUT2D eigenvalue weighted by molar-refractivity contribution is -0.123. The molecular formula is C19H34N2O2. The first-order chi connectivity index (χ1) is 11.1. The van der Waals surface area contributed by atoms with Crippen LogP contribution in [0.25, 0.3) is 0 Å². The molecule has 4 heteroatoms. The molecule has 0 saturated heterocycles. The Bertz CT molecular complexity index is 393. The molecule has 0 spiro atoms. The van der Waals surface area contributed by atoms with Gasteiger partial charge in [0.05, 0.1) is 19.3 Å². The van der Waals surface area contributed by atoms with E-state index in [1.54, 1.807) is 0 Å². The van der Waals surface area contributed by atoms with Crippen LogP contribution in [0.4, 0.5) is 0 Å².